The van der Waals surface area contributed by atoms with Crippen LogP contribution in [0.3, 0.4) is 0 Å². The minimum Gasteiger partial charge on any atom is -0.369 e. The van der Waals surface area contributed by atoms with Gasteiger partial charge in [-0.25, -0.2) is 0 Å². The molecule has 0 aromatic carbocycles. The first kappa shape index (κ1) is 13.0. The van der Waals surface area contributed by atoms with Gasteiger partial charge in [-0.2, -0.15) is 0 Å². The lowest BCUT2D eigenvalue weighted by Gasteiger charge is -2.32. The first-order chi connectivity index (χ1) is 8.95. The maximum absolute atomic E-state index is 12.4. The number of aromatic nitrogens is 2. The van der Waals surface area contributed by atoms with Crippen molar-refractivity contribution in [3.05, 3.63) is 25.6 Å². The summed E-state index contributed by atoms with van der Waals surface area (Å²) in [4.78, 5) is 17.6. The highest BCUT2D eigenvalue weighted by Crippen LogP contribution is 2.37. The van der Waals surface area contributed by atoms with Crippen molar-refractivity contribution in [2.24, 2.45) is 7.05 Å². The molecule has 0 aliphatic carbocycles. The van der Waals surface area contributed by atoms with E-state index in [1.54, 1.807) is 18.4 Å². The largest absolute Gasteiger partial charge is 0.369 e. The molecule has 102 valence electrons. The van der Waals surface area contributed by atoms with Crippen molar-refractivity contribution in [1.82, 2.24) is 9.55 Å². The number of fused-ring (bicyclic) bond motifs is 3. The Morgan fingerprint density at radius 1 is 1.58 bits per heavy atom. The second-order valence-corrected chi connectivity index (χ2v) is 6.76. The van der Waals surface area contributed by atoms with Crippen molar-refractivity contribution in [2.75, 3.05) is 0 Å². The summed E-state index contributed by atoms with van der Waals surface area (Å²) in [5, 5.41) is 0.791. The fourth-order valence-corrected chi connectivity index (χ4v) is 3.83. The summed E-state index contributed by atoms with van der Waals surface area (Å²) in [6.07, 6.45) is 1.73. The van der Waals surface area contributed by atoms with E-state index in [4.69, 9.17) is 17.0 Å². The molecule has 2 aromatic heterocycles. The van der Waals surface area contributed by atoms with Gasteiger partial charge >= 0.3 is 0 Å². The molecule has 0 radical (unpaired) electrons. The Bertz CT molecular complexity index is 771. The minimum atomic E-state index is -0.168. The molecule has 3 rings (SSSR count). The summed E-state index contributed by atoms with van der Waals surface area (Å²) < 4.78 is 7.90. The molecular formula is C13H16N2O2S2. The lowest BCUT2D eigenvalue weighted by molar-refractivity contribution is -0.0543. The van der Waals surface area contributed by atoms with Crippen LogP contribution in [0.2, 0.25) is 0 Å². The molecule has 1 atom stereocenters. The van der Waals surface area contributed by atoms with Gasteiger partial charge < -0.3 is 9.72 Å². The Kier molecular flexibility index (Phi) is 2.92. The number of rotatable bonds is 1. The highest BCUT2D eigenvalue weighted by Gasteiger charge is 2.32. The number of nitrogens with one attached hydrogen (secondary N) is 1. The molecule has 1 unspecified atom stereocenters. The average molecular weight is 296 g/mol. The Labute approximate surface area is 120 Å². The first-order valence-corrected chi connectivity index (χ1v) is 7.55. The molecule has 0 spiro atoms. The molecular weight excluding hydrogens is 280 g/mol. The second kappa shape index (κ2) is 4.26. The van der Waals surface area contributed by atoms with Crippen LogP contribution in [0.1, 0.15) is 30.7 Å². The lowest BCUT2D eigenvalue weighted by Crippen LogP contribution is -2.34. The monoisotopic (exact) mass is 296 g/mol. The smallest absolute Gasteiger partial charge is 0.263 e. The zero-order chi connectivity index (χ0) is 13.8. The summed E-state index contributed by atoms with van der Waals surface area (Å²) >= 11 is 6.75. The summed E-state index contributed by atoms with van der Waals surface area (Å²) in [7, 11) is 1.71. The Morgan fingerprint density at radius 2 is 2.32 bits per heavy atom. The van der Waals surface area contributed by atoms with Gasteiger partial charge in [0, 0.05) is 18.3 Å². The molecule has 1 N–H and O–H groups in total. The predicted octanol–water partition coefficient (Wildman–Crippen LogP) is 2.90. The van der Waals surface area contributed by atoms with Gasteiger partial charge in [-0.1, -0.05) is 6.92 Å². The Hall–Kier alpha value is -0.980. The van der Waals surface area contributed by atoms with Crippen LogP contribution in [0.25, 0.3) is 10.2 Å². The van der Waals surface area contributed by atoms with Crippen molar-refractivity contribution in [1.29, 1.82) is 0 Å². The van der Waals surface area contributed by atoms with Crippen molar-refractivity contribution >= 4 is 33.8 Å². The lowest BCUT2D eigenvalue weighted by atomic mass is 9.90. The fraction of sp³-hybridized carbons (Fsp3) is 0.538. The molecule has 0 amide bonds. The molecule has 2 aromatic rings. The van der Waals surface area contributed by atoms with Crippen LogP contribution >= 0.6 is 23.6 Å². The summed E-state index contributed by atoms with van der Waals surface area (Å²) in [6.45, 7) is 4.81. The zero-order valence-electron chi connectivity index (χ0n) is 11.2. The number of hydrogen-bond acceptors (Lipinski definition) is 4. The quantitative estimate of drug-likeness (QED) is 0.823. The average Bonchev–Trinajstić information content (AvgIpc) is 2.73. The van der Waals surface area contributed by atoms with Crippen LogP contribution in [-0.4, -0.2) is 15.2 Å². The van der Waals surface area contributed by atoms with E-state index < -0.39 is 0 Å². The number of nitrogens with zero attached hydrogens (tertiary/aromatic N) is 1. The van der Waals surface area contributed by atoms with Crippen LogP contribution in [0, 0.1) is 4.77 Å². The normalized spacial score (nSPS) is 22.7. The SMILES string of the molecule is CCC1(C)Cc2c(sc3[nH]c(=S)n(C)c(=O)c23)CO1. The van der Waals surface area contributed by atoms with Gasteiger partial charge in [0.15, 0.2) is 4.77 Å². The molecule has 0 saturated heterocycles. The van der Waals surface area contributed by atoms with Gasteiger partial charge in [0.05, 0.1) is 17.6 Å². The van der Waals surface area contributed by atoms with Gasteiger partial charge in [0.1, 0.15) is 4.83 Å². The minimum absolute atomic E-state index is 0.00315. The third-order valence-corrected chi connectivity index (χ3v) is 5.48. The molecule has 0 bridgehead atoms. The molecule has 1 aliphatic rings. The van der Waals surface area contributed by atoms with Crippen molar-refractivity contribution in [3.63, 3.8) is 0 Å². The second-order valence-electron chi connectivity index (χ2n) is 5.27. The summed E-state index contributed by atoms with van der Waals surface area (Å²) in [5.41, 5.74) is 0.970. The molecule has 4 nitrogen and oxygen atoms in total. The van der Waals surface area contributed by atoms with E-state index in [0.717, 1.165) is 33.5 Å². The standard InChI is InChI=1S/C13H16N2O2S2/c1-4-13(2)5-7-8(6-17-13)19-10-9(7)11(16)15(3)12(18)14-10/h4-6H2,1-3H3,(H,14,18). The number of thiophene rings is 1. The van der Waals surface area contributed by atoms with E-state index in [1.807, 2.05) is 0 Å². The number of hydrogen-bond donors (Lipinski definition) is 1. The van der Waals surface area contributed by atoms with Gasteiger partial charge in [0.2, 0.25) is 0 Å². The molecule has 3 heterocycles. The molecule has 19 heavy (non-hydrogen) atoms. The molecule has 1 aliphatic heterocycles. The Balaban J connectivity index is 2.32. The van der Waals surface area contributed by atoms with Crippen molar-refractivity contribution in [3.8, 4) is 0 Å². The maximum atomic E-state index is 12.4. The van der Waals surface area contributed by atoms with E-state index in [1.165, 1.54) is 4.57 Å². The zero-order valence-corrected chi connectivity index (χ0v) is 12.8. The molecule has 0 saturated carbocycles. The highest BCUT2D eigenvalue weighted by molar-refractivity contribution is 7.71. The van der Waals surface area contributed by atoms with Crippen molar-refractivity contribution < 1.29 is 4.74 Å². The summed E-state index contributed by atoms with van der Waals surface area (Å²) in [6, 6.07) is 0. The topological polar surface area (TPSA) is 47.0 Å². The third kappa shape index (κ3) is 1.89. The van der Waals surface area contributed by atoms with Gasteiger partial charge in [-0.15, -0.1) is 11.3 Å². The maximum Gasteiger partial charge on any atom is 0.263 e. The van der Waals surface area contributed by atoms with Crippen LogP contribution in [0.4, 0.5) is 0 Å². The van der Waals surface area contributed by atoms with Crippen LogP contribution in [0.15, 0.2) is 4.79 Å². The van der Waals surface area contributed by atoms with Gasteiger partial charge in [-0.05, 0) is 31.1 Å². The van der Waals surface area contributed by atoms with E-state index >= 15 is 0 Å². The number of H-pyrrole nitrogens is 1. The van der Waals surface area contributed by atoms with Gasteiger partial charge in [0.25, 0.3) is 5.56 Å². The number of ether oxygens (including phenoxy) is 1. The van der Waals surface area contributed by atoms with E-state index in [0.29, 0.717) is 11.4 Å². The fourth-order valence-electron chi connectivity index (χ4n) is 2.46. The first-order valence-electron chi connectivity index (χ1n) is 6.33. The van der Waals surface area contributed by atoms with E-state index in [9.17, 15) is 4.79 Å². The van der Waals surface area contributed by atoms with E-state index in [-0.39, 0.29) is 11.2 Å². The van der Waals surface area contributed by atoms with Gasteiger partial charge in [-0.3, -0.25) is 9.36 Å². The van der Waals surface area contributed by atoms with Crippen LogP contribution < -0.4 is 5.56 Å². The highest BCUT2D eigenvalue weighted by atomic mass is 32.1. The van der Waals surface area contributed by atoms with Crippen LogP contribution in [-0.2, 0) is 24.8 Å². The number of aromatic amines is 1. The molecule has 6 heteroatoms. The third-order valence-electron chi connectivity index (χ3n) is 3.98. The van der Waals surface area contributed by atoms with Crippen molar-refractivity contribution in [2.45, 2.75) is 38.9 Å². The summed E-state index contributed by atoms with van der Waals surface area (Å²) in [5.74, 6) is 0. The predicted molar refractivity (Wildman–Crippen MR) is 79.4 cm³/mol. The Morgan fingerprint density at radius 3 is 3.00 bits per heavy atom. The molecule has 0 fully saturated rings. The van der Waals surface area contributed by atoms with Crippen LogP contribution in [0.5, 0.6) is 0 Å². The van der Waals surface area contributed by atoms with E-state index in [2.05, 4.69) is 18.8 Å².